The number of aryl methyl sites for hydroxylation is 1. The highest BCUT2D eigenvalue weighted by Gasteiger charge is 2.21. The van der Waals surface area contributed by atoms with E-state index in [1.807, 2.05) is 32.9 Å². The van der Waals surface area contributed by atoms with Crippen LogP contribution in [0.25, 0.3) is 0 Å². The number of nitrogens with one attached hydrogen (secondary N) is 1. The van der Waals surface area contributed by atoms with E-state index >= 15 is 0 Å². The van der Waals surface area contributed by atoms with Gasteiger partial charge >= 0.3 is 0 Å². The Kier molecular flexibility index (Phi) is 6.75. The highest BCUT2D eigenvalue weighted by Crippen LogP contribution is 2.21. The van der Waals surface area contributed by atoms with Gasteiger partial charge in [0.25, 0.3) is 0 Å². The lowest BCUT2D eigenvalue weighted by Crippen LogP contribution is -2.35. The number of benzene rings is 1. The predicted molar refractivity (Wildman–Crippen MR) is 87.8 cm³/mol. The molecule has 4 heteroatoms. The normalized spacial score (nSPS) is 12.8. The monoisotopic (exact) mass is 305 g/mol. The van der Waals surface area contributed by atoms with Crippen LogP contribution in [-0.4, -0.2) is 29.4 Å². The number of amides is 1. The summed E-state index contributed by atoms with van der Waals surface area (Å²) >= 11 is 0. The van der Waals surface area contributed by atoms with Crippen LogP contribution in [0.15, 0.2) is 24.3 Å². The summed E-state index contributed by atoms with van der Waals surface area (Å²) in [6.45, 7) is 8.20. The average Bonchev–Trinajstić information content (AvgIpc) is 2.42. The minimum absolute atomic E-state index is 0.0154. The van der Waals surface area contributed by atoms with Crippen LogP contribution < -0.4 is 5.32 Å². The van der Waals surface area contributed by atoms with E-state index in [0.29, 0.717) is 18.5 Å². The molecule has 0 radical (unpaired) electrons. The molecule has 0 aliphatic heterocycles. The molecule has 0 bridgehead atoms. The molecular weight excluding hydrogens is 278 g/mol. The van der Waals surface area contributed by atoms with Crippen LogP contribution >= 0.6 is 0 Å². The Hall–Kier alpha value is -1.68. The maximum Gasteiger partial charge on any atom is 0.220 e. The molecule has 1 aromatic rings. The standard InChI is InChI=1S/C18H27NO3/c1-13-5-7-15(8-6-13)16(21)9-10-17(22)19-12-18(3,4)11-14(2)20/h5-8,14,20H,9-12H2,1-4H3,(H,19,22). The predicted octanol–water partition coefficient (Wildman–Crippen LogP) is 2.87. The molecule has 1 aromatic carbocycles. The van der Waals surface area contributed by atoms with E-state index in [-0.39, 0.29) is 29.9 Å². The summed E-state index contributed by atoms with van der Waals surface area (Å²) in [7, 11) is 0. The number of rotatable bonds is 8. The van der Waals surface area contributed by atoms with E-state index in [9.17, 15) is 14.7 Å². The molecule has 2 N–H and O–H groups in total. The molecule has 1 amide bonds. The highest BCUT2D eigenvalue weighted by atomic mass is 16.3. The molecule has 1 atom stereocenters. The van der Waals surface area contributed by atoms with Crippen molar-refractivity contribution in [3.63, 3.8) is 0 Å². The van der Waals surface area contributed by atoms with Crippen LogP contribution in [0.2, 0.25) is 0 Å². The molecule has 4 nitrogen and oxygen atoms in total. The Labute approximate surface area is 132 Å². The number of Topliss-reactive ketones (excluding diaryl/α,β-unsaturated/α-hetero) is 1. The number of aliphatic hydroxyl groups excluding tert-OH is 1. The molecule has 0 aliphatic carbocycles. The molecule has 0 aliphatic rings. The van der Waals surface area contributed by atoms with Crippen LogP contribution in [0.4, 0.5) is 0 Å². The van der Waals surface area contributed by atoms with Crippen molar-refractivity contribution in [2.75, 3.05) is 6.54 Å². The zero-order valence-corrected chi connectivity index (χ0v) is 14.0. The molecule has 122 valence electrons. The number of hydrogen-bond donors (Lipinski definition) is 2. The van der Waals surface area contributed by atoms with Crippen LogP contribution in [-0.2, 0) is 4.79 Å². The number of carbonyl (C=O) groups is 2. The van der Waals surface area contributed by atoms with E-state index in [1.54, 1.807) is 19.1 Å². The van der Waals surface area contributed by atoms with Crippen molar-refractivity contribution >= 4 is 11.7 Å². The van der Waals surface area contributed by atoms with E-state index in [1.165, 1.54) is 0 Å². The summed E-state index contributed by atoms with van der Waals surface area (Å²) in [5.74, 6) is -0.141. The summed E-state index contributed by atoms with van der Waals surface area (Å²) in [5, 5.41) is 12.3. The lowest BCUT2D eigenvalue weighted by Gasteiger charge is -2.26. The highest BCUT2D eigenvalue weighted by molar-refractivity contribution is 5.97. The van der Waals surface area contributed by atoms with Crippen molar-refractivity contribution in [3.05, 3.63) is 35.4 Å². The maximum absolute atomic E-state index is 12.0. The van der Waals surface area contributed by atoms with Gasteiger partial charge in [-0.1, -0.05) is 43.7 Å². The third-order valence-electron chi connectivity index (χ3n) is 3.56. The van der Waals surface area contributed by atoms with Gasteiger partial charge in [0.2, 0.25) is 5.91 Å². The zero-order valence-electron chi connectivity index (χ0n) is 14.0. The maximum atomic E-state index is 12.0. The van der Waals surface area contributed by atoms with Crippen LogP contribution in [0.5, 0.6) is 0 Å². The minimum atomic E-state index is -0.394. The van der Waals surface area contributed by atoms with Crippen molar-refractivity contribution < 1.29 is 14.7 Å². The van der Waals surface area contributed by atoms with Crippen molar-refractivity contribution in [1.82, 2.24) is 5.32 Å². The van der Waals surface area contributed by atoms with Gasteiger partial charge in [0.15, 0.2) is 5.78 Å². The Morgan fingerprint density at radius 2 is 1.77 bits per heavy atom. The van der Waals surface area contributed by atoms with Crippen molar-refractivity contribution in [2.45, 2.75) is 53.1 Å². The van der Waals surface area contributed by atoms with Gasteiger partial charge in [-0.05, 0) is 25.7 Å². The number of aliphatic hydroxyl groups is 1. The van der Waals surface area contributed by atoms with Crippen LogP contribution in [0, 0.1) is 12.3 Å². The summed E-state index contributed by atoms with van der Waals surface area (Å²) in [6.07, 6.45) is 0.633. The topological polar surface area (TPSA) is 66.4 Å². The molecule has 0 fully saturated rings. The lowest BCUT2D eigenvalue weighted by molar-refractivity contribution is -0.121. The first-order valence-corrected chi connectivity index (χ1v) is 7.74. The first-order chi connectivity index (χ1) is 10.2. The summed E-state index contributed by atoms with van der Waals surface area (Å²) < 4.78 is 0. The first-order valence-electron chi connectivity index (χ1n) is 7.74. The fourth-order valence-electron chi connectivity index (χ4n) is 2.41. The summed E-state index contributed by atoms with van der Waals surface area (Å²) in [6, 6.07) is 7.38. The van der Waals surface area contributed by atoms with Gasteiger partial charge in [-0.15, -0.1) is 0 Å². The molecule has 0 spiro atoms. The van der Waals surface area contributed by atoms with E-state index in [2.05, 4.69) is 5.32 Å². The first kappa shape index (κ1) is 18.4. The lowest BCUT2D eigenvalue weighted by atomic mass is 9.87. The van der Waals surface area contributed by atoms with Crippen LogP contribution in [0.1, 0.15) is 56.0 Å². The molecule has 1 unspecified atom stereocenters. The molecule has 0 saturated heterocycles. The number of hydrogen-bond acceptors (Lipinski definition) is 3. The molecule has 0 saturated carbocycles. The Morgan fingerprint density at radius 3 is 2.32 bits per heavy atom. The van der Waals surface area contributed by atoms with Crippen molar-refractivity contribution in [1.29, 1.82) is 0 Å². The SMILES string of the molecule is Cc1ccc(C(=O)CCC(=O)NCC(C)(C)CC(C)O)cc1. The third kappa shape index (κ3) is 6.85. The van der Waals surface area contributed by atoms with Gasteiger partial charge in [0.1, 0.15) is 0 Å². The van der Waals surface area contributed by atoms with E-state index in [0.717, 1.165) is 5.56 Å². The van der Waals surface area contributed by atoms with Gasteiger partial charge in [-0.2, -0.15) is 0 Å². The van der Waals surface area contributed by atoms with Crippen molar-refractivity contribution in [2.24, 2.45) is 5.41 Å². The Morgan fingerprint density at radius 1 is 1.18 bits per heavy atom. The fraction of sp³-hybridized carbons (Fsp3) is 0.556. The van der Waals surface area contributed by atoms with Gasteiger partial charge in [-0.25, -0.2) is 0 Å². The minimum Gasteiger partial charge on any atom is -0.393 e. The summed E-state index contributed by atoms with van der Waals surface area (Å²) in [5.41, 5.74) is 1.59. The van der Waals surface area contributed by atoms with Gasteiger partial charge in [0, 0.05) is 24.9 Å². The number of ketones is 1. The average molecular weight is 305 g/mol. The molecule has 1 rings (SSSR count). The van der Waals surface area contributed by atoms with Crippen molar-refractivity contribution in [3.8, 4) is 0 Å². The second-order valence-electron chi connectivity index (χ2n) is 6.78. The summed E-state index contributed by atoms with van der Waals surface area (Å²) in [4.78, 5) is 23.8. The largest absolute Gasteiger partial charge is 0.393 e. The zero-order chi connectivity index (χ0) is 16.8. The van der Waals surface area contributed by atoms with Gasteiger partial charge in [0.05, 0.1) is 6.10 Å². The molecule has 22 heavy (non-hydrogen) atoms. The second kappa shape index (κ2) is 8.08. The van der Waals surface area contributed by atoms with Gasteiger partial charge in [-0.3, -0.25) is 9.59 Å². The van der Waals surface area contributed by atoms with E-state index < -0.39 is 6.10 Å². The molecule has 0 heterocycles. The number of carbonyl (C=O) groups excluding carboxylic acids is 2. The smallest absolute Gasteiger partial charge is 0.220 e. The van der Waals surface area contributed by atoms with Gasteiger partial charge < -0.3 is 10.4 Å². The van der Waals surface area contributed by atoms with E-state index in [4.69, 9.17) is 0 Å². The molecular formula is C18H27NO3. The Bertz CT molecular complexity index is 504. The molecule has 0 aromatic heterocycles. The van der Waals surface area contributed by atoms with Crippen LogP contribution in [0.3, 0.4) is 0 Å². The fourth-order valence-corrected chi connectivity index (χ4v) is 2.41. The third-order valence-corrected chi connectivity index (χ3v) is 3.56. The second-order valence-corrected chi connectivity index (χ2v) is 6.78. The Balaban J connectivity index is 2.37. The quantitative estimate of drug-likeness (QED) is 0.726.